The van der Waals surface area contributed by atoms with Crippen molar-refractivity contribution in [1.29, 1.82) is 10.5 Å². The standard InChI is InChI=1S/C23H24N4OS/c1-3-11-27(15-20-8-6-7-19(12-20)14-25)16-23(28)26-21-9-4-5-10-22(21)29-17-18(2)13-24/h3-10,12,18H,1,11,15-17H2,2H3,(H,26,28). The third-order valence-electron chi connectivity index (χ3n) is 4.09. The number of nitrogens with one attached hydrogen (secondary N) is 1. The van der Waals surface area contributed by atoms with Gasteiger partial charge < -0.3 is 5.32 Å². The first-order valence-corrected chi connectivity index (χ1v) is 10.3. The van der Waals surface area contributed by atoms with Gasteiger partial charge in [-0.1, -0.05) is 30.3 Å². The minimum atomic E-state index is -0.121. The summed E-state index contributed by atoms with van der Waals surface area (Å²) in [5.41, 5.74) is 2.32. The second-order valence-electron chi connectivity index (χ2n) is 6.66. The predicted molar refractivity (Wildman–Crippen MR) is 117 cm³/mol. The Morgan fingerprint density at radius 3 is 2.79 bits per heavy atom. The summed E-state index contributed by atoms with van der Waals surface area (Å²) in [7, 11) is 0. The first-order chi connectivity index (χ1) is 14.0. The molecule has 2 aromatic carbocycles. The third-order valence-corrected chi connectivity index (χ3v) is 5.42. The van der Waals surface area contributed by atoms with Crippen LogP contribution in [0.25, 0.3) is 0 Å². The van der Waals surface area contributed by atoms with Crippen LogP contribution in [0.2, 0.25) is 0 Å². The van der Waals surface area contributed by atoms with E-state index in [1.165, 1.54) is 0 Å². The Labute approximate surface area is 176 Å². The van der Waals surface area contributed by atoms with Crippen LogP contribution in [-0.4, -0.2) is 29.6 Å². The zero-order valence-electron chi connectivity index (χ0n) is 16.5. The topological polar surface area (TPSA) is 79.9 Å². The molecular weight excluding hydrogens is 380 g/mol. The van der Waals surface area contributed by atoms with E-state index >= 15 is 0 Å². The number of thioether (sulfide) groups is 1. The van der Waals surface area contributed by atoms with E-state index < -0.39 is 0 Å². The third kappa shape index (κ3) is 7.46. The van der Waals surface area contributed by atoms with Crippen LogP contribution in [0.5, 0.6) is 0 Å². The van der Waals surface area contributed by atoms with Crippen LogP contribution in [0.3, 0.4) is 0 Å². The van der Waals surface area contributed by atoms with Gasteiger partial charge in [-0.05, 0) is 36.8 Å². The minimum Gasteiger partial charge on any atom is -0.324 e. The van der Waals surface area contributed by atoms with Gasteiger partial charge in [0.1, 0.15) is 0 Å². The van der Waals surface area contributed by atoms with Crippen molar-refractivity contribution in [3.63, 3.8) is 0 Å². The number of benzene rings is 2. The number of para-hydroxylation sites is 1. The number of hydrogen-bond donors (Lipinski definition) is 1. The summed E-state index contributed by atoms with van der Waals surface area (Å²) in [4.78, 5) is 15.6. The highest BCUT2D eigenvalue weighted by Crippen LogP contribution is 2.28. The van der Waals surface area contributed by atoms with Gasteiger partial charge in [-0.15, -0.1) is 18.3 Å². The molecule has 6 heteroatoms. The highest BCUT2D eigenvalue weighted by molar-refractivity contribution is 7.99. The van der Waals surface area contributed by atoms with Crippen molar-refractivity contribution >= 4 is 23.4 Å². The minimum absolute atomic E-state index is 0.0592. The summed E-state index contributed by atoms with van der Waals surface area (Å²) in [6, 6.07) is 19.3. The van der Waals surface area contributed by atoms with Gasteiger partial charge in [0.05, 0.1) is 35.9 Å². The Morgan fingerprint density at radius 2 is 2.07 bits per heavy atom. The number of hydrogen-bond acceptors (Lipinski definition) is 5. The molecule has 2 aromatic rings. The van der Waals surface area contributed by atoms with Gasteiger partial charge in [0.2, 0.25) is 5.91 Å². The zero-order valence-corrected chi connectivity index (χ0v) is 17.3. The molecule has 0 aromatic heterocycles. The lowest BCUT2D eigenvalue weighted by Gasteiger charge is -2.21. The Hall–Kier alpha value is -3.06. The molecule has 0 aliphatic heterocycles. The monoisotopic (exact) mass is 404 g/mol. The van der Waals surface area contributed by atoms with Gasteiger partial charge in [-0.3, -0.25) is 9.69 Å². The number of anilines is 1. The fourth-order valence-electron chi connectivity index (χ4n) is 2.71. The fourth-order valence-corrected chi connectivity index (χ4v) is 3.66. The highest BCUT2D eigenvalue weighted by atomic mass is 32.2. The van der Waals surface area contributed by atoms with E-state index in [0.29, 0.717) is 24.4 Å². The van der Waals surface area contributed by atoms with Crippen molar-refractivity contribution in [2.45, 2.75) is 18.4 Å². The van der Waals surface area contributed by atoms with Crippen LogP contribution >= 0.6 is 11.8 Å². The largest absolute Gasteiger partial charge is 0.324 e. The molecule has 0 saturated carbocycles. The Balaban J connectivity index is 2.03. The van der Waals surface area contributed by atoms with Crippen LogP contribution in [0.1, 0.15) is 18.1 Å². The maximum atomic E-state index is 12.7. The van der Waals surface area contributed by atoms with Gasteiger partial charge in [-0.25, -0.2) is 0 Å². The lowest BCUT2D eigenvalue weighted by Crippen LogP contribution is -2.33. The zero-order chi connectivity index (χ0) is 21.1. The molecule has 0 bridgehead atoms. The Morgan fingerprint density at radius 1 is 1.28 bits per heavy atom. The summed E-state index contributed by atoms with van der Waals surface area (Å²) >= 11 is 1.56. The van der Waals surface area contributed by atoms with Crippen molar-refractivity contribution in [3.05, 3.63) is 72.3 Å². The molecule has 0 aliphatic carbocycles. The van der Waals surface area contributed by atoms with E-state index in [0.717, 1.165) is 16.1 Å². The lowest BCUT2D eigenvalue weighted by molar-refractivity contribution is -0.117. The fraction of sp³-hybridized carbons (Fsp3) is 0.261. The number of carbonyl (C=O) groups is 1. The molecule has 1 unspecified atom stereocenters. The smallest absolute Gasteiger partial charge is 0.238 e. The quantitative estimate of drug-likeness (QED) is 0.468. The second-order valence-corrected chi connectivity index (χ2v) is 7.72. The average Bonchev–Trinajstić information content (AvgIpc) is 2.73. The van der Waals surface area contributed by atoms with Crippen LogP contribution < -0.4 is 5.32 Å². The number of nitrogens with zero attached hydrogens (tertiary/aromatic N) is 3. The van der Waals surface area contributed by atoms with Gasteiger partial charge in [0, 0.05) is 23.7 Å². The molecule has 0 aliphatic rings. The molecule has 2 rings (SSSR count). The van der Waals surface area contributed by atoms with Crippen LogP contribution in [0.15, 0.2) is 66.1 Å². The second kappa shape index (κ2) is 11.7. The maximum absolute atomic E-state index is 12.7. The molecule has 5 nitrogen and oxygen atoms in total. The highest BCUT2D eigenvalue weighted by Gasteiger charge is 2.13. The molecule has 1 N–H and O–H groups in total. The molecule has 1 amide bonds. The number of amides is 1. The first kappa shape index (κ1) is 22.2. The molecule has 0 spiro atoms. The normalized spacial score (nSPS) is 11.3. The van der Waals surface area contributed by atoms with Crippen molar-refractivity contribution < 1.29 is 4.79 Å². The Bertz CT molecular complexity index is 929. The maximum Gasteiger partial charge on any atom is 0.238 e. The van der Waals surface area contributed by atoms with Gasteiger partial charge in [0.25, 0.3) is 0 Å². The SMILES string of the molecule is C=CCN(CC(=O)Nc1ccccc1SCC(C)C#N)Cc1cccc(C#N)c1. The molecule has 0 heterocycles. The van der Waals surface area contributed by atoms with E-state index in [1.54, 1.807) is 23.9 Å². The molecule has 29 heavy (non-hydrogen) atoms. The summed E-state index contributed by atoms with van der Waals surface area (Å²) in [6.07, 6.45) is 1.76. The van der Waals surface area contributed by atoms with E-state index in [9.17, 15) is 4.79 Å². The molecule has 0 saturated heterocycles. The summed E-state index contributed by atoms with van der Waals surface area (Å²) < 4.78 is 0. The number of nitriles is 2. The summed E-state index contributed by atoms with van der Waals surface area (Å²) in [5.74, 6) is 0.488. The number of carbonyl (C=O) groups excluding carboxylic acids is 1. The van der Waals surface area contributed by atoms with Crippen LogP contribution in [-0.2, 0) is 11.3 Å². The Kier molecular flexibility index (Phi) is 8.98. The van der Waals surface area contributed by atoms with Crippen molar-refractivity contribution in [2.75, 3.05) is 24.2 Å². The average molecular weight is 405 g/mol. The number of rotatable bonds is 10. The van der Waals surface area contributed by atoms with Gasteiger partial charge >= 0.3 is 0 Å². The molecular formula is C23H24N4OS. The van der Waals surface area contributed by atoms with Gasteiger partial charge in [0.15, 0.2) is 0 Å². The van der Waals surface area contributed by atoms with E-state index in [4.69, 9.17) is 10.5 Å². The first-order valence-electron chi connectivity index (χ1n) is 9.29. The molecule has 148 valence electrons. The van der Waals surface area contributed by atoms with Crippen molar-refractivity contribution in [3.8, 4) is 12.1 Å². The van der Waals surface area contributed by atoms with Crippen molar-refractivity contribution in [1.82, 2.24) is 4.90 Å². The van der Waals surface area contributed by atoms with Crippen molar-refractivity contribution in [2.24, 2.45) is 5.92 Å². The van der Waals surface area contributed by atoms with E-state index in [2.05, 4.69) is 24.0 Å². The van der Waals surface area contributed by atoms with E-state index in [-0.39, 0.29) is 18.4 Å². The lowest BCUT2D eigenvalue weighted by atomic mass is 10.1. The summed E-state index contributed by atoms with van der Waals surface area (Å²) in [6.45, 7) is 6.96. The van der Waals surface area contributed by atoms with E-state index in [1.807, 2.05) is 54.3 Å². The molecule has 0 fully saturated rings. The predicted octanol–water partition coefficient (Wildman–Crippen LogP) is 4.44. The van der Waals surface area contributed by atoms with Crippen LogP contribution in [0, 0.1) is 28.6 Å². The molecule has 0 radical (unpaired) electrons. The van der Waals surface area contributed by atoms with Gasteiger partial charge in [-0.2, -0.15) is 10.5 Å². The molecule has 1 atom stereocenters. The summed E-state index contributed by atoms with van der Waals surface area (Å²) in [5, 5.41) is 21.0. The van der Waals surface area contributed by atoms with Crippen LogP contribution in [0.4, 0.5) is 5.69 Å².